The highest BCUT2D eigenvalue weighted by Crippen LogP contribution is 2.32. The second-order valence-corrected chi connectivity index (χ2v) is 10.4. The smallest absolute Gasteiger partial charge is 0.244 e. The molecule has 0 spiro atoms. The summed E-state index contributed by atoms with van der Waals surface area (Å²) in [5.74, 6) is -1.24. The van der Waals surface area contributed by atoms with Crippen molar-refractivity contribution >= 4 is 54.0 Å². The first kappa shape index (κ1) is 21.4. The van der Waals surface area contributed by atoms with Crippen LogP contribution < -0.4 is 4.90 Å². The average Bonchev–Trinajstić information content (AvgIpc) is 3.15. The van der Waals surface area contributed by atoms with E-state index in [2.05, 4.69) is 9.97 Å². The van der Waals surface area contributed by atoms with E-state index in [0.717, 1.165) is 10.3 Å². The van der Waals surface area contributed by atoms with Crippen molar-refractivity contribution in [1.82, 2.24) is 9.97 Å². The van der Waals surface area contributed by atoms with E-state index in [1.807, 2.05) is 13.0 Å². The maximum absolute atomic E-state index is 13.2. The van der Waals surface area contributed by atoms with E-state index in [9.17, 15) is 13.2 Å². The molecule has 4 rings (SSSR count). The van der Waals surface area contributed by atoms with Gasteiger partial charge < -0.3 is 0 Å². The summed E-state index contributed by atoms with van der Waals surface area (Å²) in [6.45, 7) is 1.98. The molecular weight excluding hydrogens is 454 g/mol. The first-order valence-electron chi connectivity index (χ1n) is 9.38. The normalized spacial score (nSPS) is 11.5. The van der Waals surface area contributed by atoms with Crippen molar-refractivity contribution in [1.29, 1.82) is 0 Å². The van der Waals surface area contributed by atoms with Gasteiger partial charge in [0.15, 0.2) is 15.0 Å². The lowest BCUT2D eigenvalue weighted by Crippen LogP contribution is -2.35. The second-order valence-electron chi connectivity index (χ2n) is 6.98. The number of aromatic nitrogens is 2. The van der Waals surface area contributed by atoms with E-state index in [4.69, 9.17) is 11.6 Å². The Kier molecular flexibility index (Phi) is 6.04. The van der Waals surface area contributed by atoms with Crippen molar-refractivity contribution in [2.45, 2.75) is 18.4 Å². The van der Waals surface area contributed by atoms with Crippen LogP contribution in [0.5, 0.6) is 0 Å². The number of benzene rings is 2. The molecular formula is C22H18ClN3O3S2. The van der Waals surface area contributed by atoms with E-state index >= 15 is 0 Å². The highest BCUT2D eigenvalue weighted by molar-refractivity contribution is 7.92. The van der Waals surface area contributed by atoms with Crippen molar-refractivity contribution in [3.8, 4) is 0 Å². The van der Waals surface area contributed by atoms with Gasteiger partial charge in [-0.15, -0.1) is 0 Å². The van der Waals surface area contributed by atoms with Gasteiger partial charge in [-0.3, -0.25) is 14.7 Å². The number of anilines is 1. The molecule has 0 aliphatic rings. The molecule has 0 aliphatic heterocycles. The number of hydrogen-bond donors (Lipinski definition) is 0. The molecule has 2 aromatic heterocycles. The van der Waals surface area contributed by atoms with Crippen LogP contribution in [-0.4, -0.2) is 30.0 Å². The SMILES string of the molecule is Cc1ccc(S(=O)(=O)CC(=O)N(Cc2ccccn2)c2nc3ccc(Cl)cc3s2)cc1. The molecule has 0 saturated carbocycles. The van der Waals surface area contributed by atoms with E-state index in [-0.39, 0.29) is 11.4 Å². The minimum Gasteiger partial charge on any atom is -0.281 e. The van der Waals surface area contributed by atoms with Crippen LogP contribution in [0.3, 0.4) is 0 Å². The summed E-state index contributed by atoms with van der Waals surface area (Å²) >= 11 is 7.35. The number of pyridine rings is 1. The van der Waals surface area contributed by atoms with Crippen LogP contribution in [0.15, 0.2) is 71.8 Å². The molecule has 158 valence electrons. The van der Waals surface area contributed by atoms with Crippen molar-refractivity contribution in [3.05, 3.63) is 83.1 Å². The Labute approximate surface area is 189 Å². The Morgan fingerprint density at radius 3 is 2.58 bits per heavy atom. The van der Waals surface area contributed by atoms with Gasteiger partial charge in [-0.2, -0.15) is 0 Å². The number of hydrogen-bond acceptors (Lipinski definition) is 6. The molecule has 0 atom stereocenters. The van der Waals surface area contributed by atoms with Crippen LogP contribution in [0.1, 0.15) is 11.3 Å². The zero-order valence-electron chi connectivity index (χ0n) is 16.5. The number of carbonyl (C=O) groups is 1. The predicted molar refractivity (Wildman–Crippen MR) is 123 cm³/mol. The topological polar surface area (TPSA) is 80.2 Å². The summed E-state index contributed by atoms with van der Waals surface area (Å²) in [4.78, 5) is 23.5. The zero-order chi connectivity index (χ0) is 22.0. The van der Waals surface area contributed by atoms with Gasteiger partial charge in [0, 0.05) is 11.2 Å². The molecule has 31 heavy (non-hydrogen) atoms. The maximum Gasteiger partial charge on any atom is 0.244 e. The lowest BCUT2D eigenvalue weighted by atomic mass is 10.2. The number of fused-ring (bicyclic) bond motifs is 1. The minimum atomic E-state index is -3.81. The third-order valence-corrected chi connectivity index (χ3v) is 7.50. The molecule has 0 N–H and O–H groups in total. The van der Waals surface area contributed by atoms with Gasteiger partial charge in [0.1, 0.15) is 5.75 Å². The third-order valence-electron chi connectivity index (χ3n) is 4.61. The second kappa shape index (κ2) is 8.74. The molecule has 1 amide bonds. The molecule has 0 saturated heterocycles. The van der Waals surface area contributed by atoms with Crippen LogP contribution >= 0.6 is 22.9 Å². The van der Waals surface area contributed by atoms with Gasteiger partial charge in [0.05, 0.1) is 27.4 Å². The van der Waals surface area contributed by atoms with Crippen molar-refractivity contribution in [2.24, 2.45) is 0 Å². The first-order chi connectivity index (χ1) is 14.8. The van der Waals surface area contributed by atoms with E-state index in [0.29, 0.717) is 21.4 Å². The van der Waals surface area contributed by atoms with E-state index < -0.39 is 21.5 Å². The largest absolute Gasteiger partial charge is 0.281 e. The fraction of sp³-hybridized carbons (Fsp3) is 0.136. The van der Waals surface area contributed by atoms with Crippen LogP contribution in [0.4, 0.5) is 5.13 Å². The Morgan fingerprint density at radius 1 is 1.10 bits per heavy atom. The van der Waals surface area contributed by atoms with Gasteiger partial charge in [-0.1, -0.05) is 46.7 Å². The molecule has 9 heteroatoms. The Morgan fingerprint density at radius 2 is 1.87 bits per heavy atom. The number of halogens is 1. The molecule has 0 radical (unpaired) electrons. The van der Waals surface area contributed by atoms with Gasteiger partial charge in [-0.05, 0) is 49.4 Å². The lowest BCUT2D eigenvalue weighted by molar-refractivity contribution is -0.116. The number of aryl methyl sites for hydroxylation is 1. The number of sulfone groups is 1. The van der Waals surface area contributed by atoms with Gasteiger partial charge in [-0.25, -0.2) is 13.4 Å². The minimum absolute atomic E-state index is 0.108. The van der Waals surface area contributed by atoms with Crippen LogP contribution in [0.2, 0.25) is 5.02 Å². The number of thiazole rings is 1. The van der Waals surface area contributed by atoms with Crippen LogP contribution in [-0.2, 0) is 21.2 Å². The zero-order valence-corrected chi connectivity index (χ0v) is 18.9. The molecule has 2 heterocycles. The molecule has 0 fully saturated rings. The van der Waals surface area contributed by atoms with Crippen LogP contribution in [0, 0.1) is 6.92 Å². The van der Waals surface area contributed by atoms with E-state index in [1.54, 1.807) is 48.7 Å². The highest BCUT2D eigenvalue weighted by Gasteiger charge is 2.27. The molecule has 4 aromatic rings. The van der Waals surface area contributed by atoms with Gasteiger partial charge in [0.25, 0.3) is 0 Å². The summed E-state index contributed by atoms with van der Waals surface area (Å²) in [6.07, 6.45) is 1.62. The monoisotopic (exact) mass is 471 g/mol. The van der Waals surface area contributed by atoms with Crippen LogP contribution in [0.25, 0.3) is 10.2 Å². The molecule has 2 aromatic carbocycles. The maximum atomic E-state index is 13.2. The van der Waals surface area contributed by atoms with Gasteiger partial charge >= 0.3 is 0 Å². The number of nitrogens with zero attached hydrogens (tertiary/aromatic N) is 3. The molecule has 6 nitrogen and oxygen atoms in total. The average molecular weight is 472 g/mol. The number of rotatable bonds is 6. The molecule has 0 bridgehead atoms. The van der Waals surface area contributed by atoms with Crippen molar-refractivity contribution < 1.29 is 13.2 Å². The summed E-state index contributed by atoms with van der Waals surface area (Å²) in [5, 5.41) is 0.958. The lowest BCUT2D eigenvalue weighted by Gasteiger charge is -2.19. The standard InChI is InChI=1S/C22H18ClN3O3S2/c1-15-5-8-18(9-6-15)31(28,29)14-21(27)26(13-17-4-2-3-11-24-17)22-25-19-10-7-16(23)12-20(19)30-22/h2-12H,13-14H2,1H3. The summed E-state index contributed by atoms with van der Waals surface area (Å²) in [6, 6.07) is 17.1. The van der Waals surface area contributed by atoms with E-state index in [1.165, 1.54) is 28.4 Å². The molecule has 0 aliphatic carbocycles. The Balaban J connectivity index is 1.69. The number of carbonyl (C=O) groups excluding carboxylic acids is 1. The van der Waals surface area contributed by atoms with Gasteiger partial charge in [0.2, 0.25) is 5.91 Å². The Bertz CT molecular complexity index is 1340. The van der Waals surface area contributed by atoms with Crippen molar-refractivity contribution in [3.63, 3.8) is 0 Å². The fourth-order valence-electron chi connectivity index (χ4n) is 2.99. The Hall–Kier alpha value is -2.81. The van der Waals surface area contributed by atoms with Crippen molar-refractivity contribution in [2.75, 3.05) is 10.7 Å². The number of amides is 1. The molecule has 0 unspecified atom stereocenters. The summed E-state index contributed by atoms with van der Waals surface area (Å²) < 4.78 is 26.5. The summed E-state index contributed by atoms with van der Waals surface area (Å²) in [5.41, 5.74) is 2.25. The highest BCUT2D eigenvalue weighted by atomic mass is 35.5. The predicted octanol–water partition coefficient (Wildman–Crippen LogP) is 4.66. The quantitative estimate of drug-likeness (QED) is 0.408. The third kappa shape index (κ3) is 4.92. The fourth-order valence-corrected chi connectivity index (χ4v) is 5.44. The summed E-state index contributed by atoms with van der Waals surface area (Å²) in [7, 11) is -3.81. The first-order valence-corrected chi connectivity index (χ1v) is 12.2.